The van der Waals surface area contributed by atoms with Crippen LogP contribution in [0.2, 0.25) is 0 Å². The molecule has 10 heteroatoms. The van der Waals surface area contributed by atoms with E-state index in [1.54, 1.807) is 30.3 Å². The fraction of sp³-hybridized carbons (Fsp3) is 0.167. The first-order chi connectivity index (χ1) is 13.4. The van der Waals surface area contributed by atoms with Gasteiger partial charge in [0.1, 0.15) is 17.3 Å². The molecule has 146 valence electrons. The van der Waals surface area contributed by atoms with Gasteiger partial charge < -0.3 is 20.5 Å². The number of anilines is 2. The molecule has 0 atom stereocenters. The lowest BCUT2D eigenvalue weighted by atomic mass is 10.2. The van der Waals surface area contributed by atoms with E-state index in [-0.39, 0.29) is 18.1 Å². The van der Waals surface area contributed by atoms with Gasteiger partial charge in [0.2, 0.25) is 0 Å². The van der Waals surface area contributed by atoms with Crippen molar-refractivity contribution >= 4 is 33.3 Å². The van der Waals surface area contributed by atoms with Crippen LogP contribution in [0.25, 0.3) is 0 Å². The molecule has 0 saturated carbocycles. The van der Waals surface area contributed by atoms with Crippen LogP contribution in [0.5, 0.6) is 11.5 Å². The maximum atomic E-state index is 14.0. The van der Waals surface area contributed by atoms with Gasteiger partial charge in [0.15, 0.2) is 11.5 Å². The Kier molecular flexibility index (Phi) is 5.78. The first-order valence-corrected chi connectivity index (χ1v) is 8.88. The van der Waals surface area contributed by atoms with Crippen LogP contribution >= 0.6 is 15.9 Å². The van der Waals surface area contributed by atoms with Gasteiger partial charge in [-0.25, -0.2) is 9.07 Å². The Balaban J connectivity index is 1.80. The van der Waals surface area contributed by atoms with Gasteiger partial charge in [-0.05, 0) is 24.3 Å². The molecule has 1 aromatic heterocycles. The molecule has 0 bridgehead atoms. The van der Waals surface area contributed by atoms with Gasteiger partial charge in [0.05, 0.1) is 26.5 Å². The van der Waals surface area contributed by atoms with Gasteiger partial charge in [0.25, 0.3) is 5.91 Å². The molecule has 0 fully saturated rings. The van der Waals surface area contributed by atoms with Crippen molar-refractivity contribution in [1.82, 2.24) is 15.0 Å². The van der Waals surface area contributed by atoms with E-state index >= 15 is 0 Å². The molecule has 0 unspecified atom stereocenters. The molecule has 0 aliphatic carbocycles. The smallest absolute Gasteiger partial charge is 0.280 e. The molecule has 1 heterocycles. The highest BCUT2D eigenvalue weighted by Crippen LogP contribution is 2.29. The van der Waals surface area contributed by atoms with E-state index < -0.39 is 11.7 Å². The van der Waals surface area contributed by atoms with E-state index in [1.165, 1.54) is 25.0 Å². The summed E-state index contributed by atoms with van der Waals surface area (Å²) < 4.78 is 26.3. The molecule has 3 rings (SSSR count). The zero-order valence-electron chi connectivity index (χ0n) is 15.1. The van der Waals surface area contributed by atoms with Crippen LogP contribution in [0.15, 0.2) is 40.9 Å². The zero-order chi connectivity index (χ0) is 20.3. The van der Waals surface area contributed by atoms with E-state index in [2.05, 4.69) is 31.6 Å². The van der Waals surface area contributed by atoms with Crippen LogP contribution in [0.4, 0.5) is 15.9 Å². The largest absolute Gasteiger partial charge is 0.497 e. The number of ether oxygens (including phenoxy) is 2. The average molecular weight is 450 g/mol. The number of rotatable bonds is 6. The first kappa shape index (κ1) is 19.6. The third-order valence-corrected chi connectivity index (χ3v) is 4.47. The number of benzene rings is 2. The number of carbonyl (C=O) groups excluding carboxylic acids is 1. The highest BCUT2D eigenvalue weighted by Gasteiger charge is 2.20. The normalized spacial score (nSPS) is 10.6. The number of hydrogen-bond acceptors (Lipinski definition) is 6. The minimum atomic E-state index is -0.566. The van der Waals surface area contributed by atoms with E-state index in [4.69, 9.17) is 15.2 Å². The Hall–Kier alpha value is -3.14. The maximum Gasteiger partial charge on any atom is 0.280 e. The summed E-state index contributed by atoms with van der Waals surface area (Å²) in [6, 6.07) is 9.58. The summed E-state index contributed by atoms with van der Waals surface area (Å²) in [5, 5.41) is 10.4. The number of hydrogen-bond donors (Lipinski definition) is 2. The fourth-order valence-corrected chi connectivity index (χ4v) is 2.83. The number of halogens is 2. The molecular formula is C18H17BrFN5O3. The Bertz CT molecular complexity index is 1020. The molecule has 3 aromatic rings. The summed E-state index contributed by atoms with van der Waals surface area (Å²) in [5.41, 5.74) is 6.70. The van der Waals surface area contributed by atoms with Gasteiger partial charge in [-0.3, -0.25) is 4.79 Å². The quantitative estimate of drug-likeness (QED) is 0.598. The average Bonchev–Trinajstić information content (AvgIpc) is 3.04. The van der Waals surface area contributed by atoms with Crippen molar-refractivity contribution in [3.63, 3.8) is 0 Å². The number of amides is 1. The van der Waals surface area contributed by atoms with Gasteiger partial charge in [-0.15, -0.1) is 5.10 Å². The molecular weight excluding hydrogens is 433 g/mol. The Labute approximate surface area is 168 Å². The van der Waals surface area contributed by atoms with Crippen LogP contribution in [0.3, 0.4) is 0 Å². The highest BCUT2D eigenvalue weighted by atomic mass is 79.9. The third kappa shape index (κ3) is 4.06. The minimum Gasteiger partial charge on any atom is -0.497 e. The van der Waals surface area contributed by atoms with Crippen molar-refractivity contribution in [2.45, 2.75) is 6.54 Å². The lowest BCUT2D eigenvalue weighted by molar-refractivity contribution is 0.102. The zero-order valence-corrected chi connectivity index (χ0v) is 16.7. The molecule has 0 radical (unpaired) electrons. The molecule has 1 amide bonds. The summed E-state index contributed by atoms with van der Waals surface area (Å²) in [6.45, 7) is 0.0388. The summed E-state index contributed by atoms with van der Waals surface area (Å²) in [6.07, 6.45) is 0. The van der Waals surface area contributed by atoms with E-state index in [1.807, 2.05) is 0 Å². The predicted molar refractivity (Wildman–Crippen MR) is 105 cm³/mol. The van der Waals surface area contributed by atoms with Crippen LogP contribution in [-0.2, 0) is 6.54 Å². The minimum absolute atomic E-state index is 0.0206. The second-order valence-electron chi connectivity index (χ2n) is 5.74. The lowest BCUT2D eigenvalue weighted by Gasteiger charge is -2.11. The number of nitrogens with zero attached hydrogens (tertiary/aromatic N) is 3. The Morgan fingerprint density at radius 2 is 2.04 bits per heavy atom. The van der Waals surface area contributed by atoms with Crippen LogP contribution in [-0.4, -0.2) is 35.1 Å². The molecule has 0 aliphatic rings. The van der Waals surface area contributed by atoms with Crippen molar-refractivity contribution in [3.05, 3.63) is 57.9 Å². The van der Waals surface area contributed by atoms with E-state index in [0.717, 1.165) is 0 Å². The first-order valence-electron chi connectivity index (χ1n) is 8.09. The predicted octanol–water partition coefficient (Wildman–Crippen LogP) is 3.08. The second-order valence-corrected chi connectivity index (χ2v) is 6.65. The number of methoxy groups -OCH3 is 2. The van der Waals surface area contributed by atoms with Crippen molar-refractivity contribution in [1.29, 1.82) is 0 Å². The van der Waals surface area contributed by atoms with Crippen molar-refractivity contribution < 1.29 is 18.7 Å². The van der Waals surface area contributed by atoms with Crippen molar-refractivity contribution in [2.24, 2.45) is 0 Å². The van der Waals surface area contributed by atoms with E-state index in [0.29, 0.717) is 27.2 Å². The molecule has 2 aromatic carbocycles. The van der Waals surface area contributed by atoms with Crippen LogP contribution < -0.4 is 20.5 Å². The van der Waals surface area contributed by atoms with E-state index in [9.17, 15) is 9.18 Å². The maximum absolute atomic E-state index is 14.0. The molecule has 8 nitrogen and oxygen atoms in total. The van der Waals surface area contributed by atoms with Gasteiger partial charge >= 0.3 is 0 Å². The summed E-state index contributed by atoms with van der Waals surface area (Å²) in [4.78, 5) is 12.6. The number of aromatic nitrogens is 3. The molecule has 28 heavy (non-hydrogen) atoms. The summed E-state index contributed by atoms with van der Waals surface area (Å²) in [7, 11) is 3.00. The lowest BCUT2D eigenvalue weighted by Crippen LogP contribution is -2.16. The number of nitrogens with two attached hydrogens (primary N) is 1. The topological polar surface area (TPSA) is 104 Å². The molecule has 0 aliphatic heterocycles. The summed E-state index contributed by atoms with van der Waals surface area (Å²) in [5.74, 6) is 0.0291. The second kappa shape index (κ2) is 8.26. The van der Waals surface area contributed by atoms with Gasteiger partial charge in [-0.1, -0.05) is 27.2 Å². The number of carbonyl (C=O) groups is 1. The van der Waals surface area contributed by atoms with Gasteiger partial charge in [-0.2, -0.15) is 0 Å². The van der Waals surface area contributed by atoms with Gasteiger partial charge in [0, 0.05) is 16.1 Å². The number of nitrogens with one attached hydrogen (secondary N) is 1. The van der Waals surface area contributed by atoms with Crippen LogP contribution in [0.1, 0.15) is 16.1 Å². The third-order valence-electron chi connectivity index (χ3n) is 3.98. The SMILES string of the molecule is COc1ccc(NC(=O)c2nnn(Cc3ccc(Br)cc3F)c2N)c(OC)c1. The Morgan fingerprint density at radius 1 is 1.25 bits per heavy atom. The summed E-state index contributed by atoms with van der Waals surface area (Å²) >= 11 is 3.20. The highest BCUT2D eigenvalue weighted by molar-refractivity contribution is 9.10. The fourth-order valence-electron chi connectivity index (χ4n) is 2.49. The monoisotopic (exact) mass is 449 g/mol. The van der Waals surface area contributed by atoms with Crippen molar-refractivity contribution in [3.8, 4) is 11.5 Å². The standard InChI is InChI=1S/C18H17BrFN5O3/c1-27-12-5-6-14(15(8-12)28-2)22-18(26)16-17(21)25(24-23-16)9-10-3-4-11(19)7-13(10)20/h3-8H,9,21H2,1-2H3,(H,22,26). The Morgan fingerprint density at radius 3 is 2.71 bits per heavy atom. The number of nitrogen functional groups attached to an aromatic ring is 1. The van der Waals surface area contributed by atoms with Crippen molar-refractivity contribution in [2.75, 3.05) is 25.3 Å². The molecule has 0 saturated heterocycles. The molecule has 3 N–H and O–H groups in total. The molecule has 0 spiro atoms. The van der Waals surface area contributed by atoms with Crippen LogP contribution in [0, 0.1) is 5.82 Å².